The molecular weight excluding hydrogens is 1860 g/mol. The molecule has 14 rings (SSSR count). The molecule has 0 saturated carbocycles. The molecular formula is C67H36N12Na6O24S6Y2-2. The SMILES string of the molecule is Cn1c(=O)c(C(=O)c2cccc(S(=O)(=O)[O-])c2)c2c3c(c(Nc4cc(Nc5n[c-]nc(Cc6n[c-]nc(Nc7cc(Nc8ccc9c%10c8C(=O)c8ccccc8-c%10c(C(=O)c8cccc(S(=O)(=O)[O-])c8)c(=O)n9C)c(S(=O)(=O)[O-])cc7S(=O)(=O)[O-])n6)n5)c(SOO[O-])cc4S(=O)(=O)[O-])ccc31)C(=O)c1ccccc1-2.[Na+].[Na+].[Na+].[Na+].[Na+].[Na+].[Y].[Y]. The first-order chi connectivity index (χ1) is 51.5. The van der Waals surface area contributed by atoms with Crippen LogP contribution in [0, 0.1) is 12.7 Å². The zero-order valence-corrected chi connectivity index (χ0v) is 84.1. The quantitative estimate of drug-likeness (QED) is 0.00931. The average Bonchev–Trinajstić information content (AvgIpc) is 0.715. The average molecular weight is 1900 g/mol. The summed E-state index contributed by atoms with van der Waals surface area (Å²) in [5, 5.41) is 25.2. The molecule has 4 aromatic heterocycles. The van der Waals surface area contributed by atoms with Gasteiger partial charge in [-0.1, -0.05) is 72.8 Å². The zero-order valence-electron chi connectivity index (χ0n) is 61.5. The minimum absolute atomic E-state index is 0. The van der Waals surface area contributed by atoms with E-state index in [2.05, 4.69) is 73.2 Å². The topological polar surface area (TPSA) is 565 Å². The van der Waals surface area contributed by atoms with E-state index in [-0.39, 0.29) is 361 Å². The van der Waals surface area contributed by atoms with E-state index in [0.717, 1.165) is 69.8 Å². The van der Waals surface area contributed by atoms with Crippen LogP contribution in [0.15, 0.2) is 185 Å². The van der Waals surface area contributed by atoms with Crippen molar-refractivity contribution in [3.63, 3.8) is 0 Å². The van der Waals surface area contributed by atoms with Gasteiger partial charge in [0, 0.05) is 159 Å². The Morgan fingerprint density at radius 2 is 0.795 bits per heavy atom. The van der Waals surface area contributed by atoms with Gasteiger partial charge in [-0.2, -0.15) is 4.33 Å². The number of carbonyl (C=O) groups is 4. The molecule has 0 amide bonds. The number of aryl methyl sites for hydroxylation is 2. The summed E-state index contributed by atoms with van der Waals surface area (Å²) in [7, 11) is -24.9. The van der Waals surface area contributed by atoms with Crippen molar-refractivity contribution in [2.75, 3.05) is 21.3 Å². The van der Waals surface area contributed by atoms with E-state index >= 15 is 0 Å². The third-order valence-electron chi connectivity index (χ3n) is 17.3. The molecule has 0 bridgehead atoms. The summed E-state index contributed by atoms with van der Waals surface area (Å²) in [5.74, 6) is -5.39. The van der Waals surface area contributed by atoms with E-state index in [0.29, 0.717) is 6.07 Å². The summed E-state index contributed by atoms with van der Waals surface area (Å²) in [6.45, 7) is 0. The van der Waals surface area contributed by atoms with Crippen LogP contribution in [-0.2, 0) is 146 Å². The summed E-state index contributed by atoms with van der Waals surface area (Å²) < 4.78 is 197. The minimum atomic E-state index is -5.82. The Morgan fingerprint density at radius 3 is 1.18 bits per heavy atom. The van der Waals surface area contributed by atoms with Crippen LogP contribution >= 0.6 is 12.0 Å². The van der Waals surface area contributed by atoms with Crippen LogP contribution in [0.2, 0.25) is 0 Å². The molecule has 50 heteroatoms. The molecule has 0 aliphatic heterocycles. The summed E-state index contributed by atoms with van der Waals surface area (Å²) in [6, 6.07) is 27.0. The third kappa shape index (κ3) is 20.4. The smallest absolute Gasteiger partial charge is 0.744 e. The Balaban J connectivity index is 0.00000266. The van der Waals surface area contributed by atoms with E-state index in [9.17, 15) is 98.9 Å². The number of nitrogens with zero attached hydrogens (tertiary/aromatic N) is 8. The Hall–Kier alpha value is -3.93. The number of ketones is 4. The van der Waals surface area contributed by atoms with Crippen LogP contribution in [0.4, 0.5) is 46.0 Å². The number of anilines is 8. The molecule has 2 radical (unpaired) electrons. The molecule has 117 heavy (non-hydrogen) atoms. The Bertz CT molecular complexity index is 6910. The van der Waals surface area contributed by atoms with Crippen molar-refractivity contribution >= 4 is 154 Å². The maximum atomic E-state index is 14.9. The number of rotatable bonds is 22. The number of benzene rings is 8. The van der Waals surface area contributed by atoms with E-state index in [1.165, 1.54) is 86.9 Å². The predicted octanol–water partition coefficient (Wildman–Crippen LogP) is -13.4. The van der Waals surface area contributed by atoms with Gasteiger partial charge in [0.1, 0.15) is 62.5 Å². The Labute approximate surface area is 849 Å². The number of carbonyl (C=O) groups excluding carboxylic acids is 4. The van der Waals surface area contributed by atoms with Gasteiger partial charge in [-0.25, -0.2) is 42.1 Å². The van der Waals surface area contributed by atoms with Crippen molar-refractivity contribution in [3.05, 3.63) is 235 Å². The van der Waals surface area contributed by atoms with Crippen LogP contribution < -0.4 is 215 Å². The molecule has 12 aromatic rings. The van der Waals surface area contributed by atoms with Crippen molar-refractivity contribution in [2.45, 2.75) is 35.8 Å². The van der Waals surface area contributed by atoms with Crippen LogP contribution in [0.1, 0.15) is 75.3 Å². The van der Waals surface area contributed by atoms with Crippen molar-refractivity contribution in [1.29, 1.82) is 0 Å². The summed E-state index contributed by atoms with van der Waals surface area (Å²) >= 11 is 0.0741. The first kappa shape index (κ1) is 102. The normalized spacial score (nSPS) is 11.9. The number of hydrogen-bond donors (Lipinski definition) is 4. The number of nitrogens with one attached hydrogen (secondary N) is 4. The van der Waals surface area contributed by atoms with Crippen LogP contribution in [0.3, 0.4) is 0 Å². The molecule has 0 saturated heterocycles. The first-order valence-electron chi connectivity index (χ1n) is 30.6. The first-order valence-corrected chi connectivity index (χ1v) is 38.3. The standard InChI is InChI=1S/C67H42N12O24S6.6Na.2Y/c1-78-44-19-17-38(54-56(44)52(34-13-3-5-15-36(34)62(54)82)58(64(78)84)60(80)30-9-7-11-32(21-30)105(87,88)89)72-41-23-40(46(104-103-102-86)25-47(41)107(93,94)95)74-66-70-28-68-50(76-66)27-51-69-29-71-67(77-51)75-43-24-42(48(108(96,97)98)26-49(43)109(99,100)101)73-39-18-20-45-57-53(35-14-4-6-16-37(35)63(83)55(39)57)59(65(85)79(45)2)61(81)31-10-8-12-33(22-31)106(90,91)92;;;;;;;;/h3-26,72-73,86H,27H2,1-2H3,(H,87,88,89)(H,90,91,92)(H,93,94,95)(H,96,97,98)(H,99,100,101)(H,68,70,74,76)(H,69,71,75,77);;;;;;;;/q-2;6*+1;;/p-6. The largest absolute Gasteiger partial charge is 1.00 e. The van der Waals surface area contributed by atoms with Gasteiger partial charge in [-0.3, -0.25) is 33.8 Å². The van der Waals surface area contributed by atoms with Gasteiger partial charge in [0.05, 0.1) is 97.5 Å². The van der Waals surface area contributed by atoms with Crippen molar-refractivity contribution in [1.82, 2.24) is 39.0 Å². The minimum Gasteiger partial charge on any atom is -0.744 e. The van der Waals surface area contributed by atoms with Gasteiger partial charge < -0.3 is 88.3 Å². The molecule has 0 atom stereocenters. The second-order valence-electron chi connectivity index (χ2n) is 23.7. The zero-order chi connectivity index (χ0) is 77.9. The molecule has 0 fully saturated rings. The molecule has 8 aromatic carbocycles. The molecule has 2 aliphatic rings. The monoisotopic (exact) mass is 1900 g/mol. The fourth-order valence-electron chi connectivity index (χ4n) is 12.6. The summed E-state index contributed by atoms with van der Waals surface area (Å²) in [4.78, 5) is 106. The van der Waals surface area contributed by atoms with E-state index in [1.54, 1.807) is 0 Å². The van der Waals surface area contributed by atoms with Gasteiger partial charge in [0.15, 0.2) is 23.1 Å². The number of fused-ring (bicyclic) bond motifs is 4. The van der Waals surface area contributed by atoms with Crippen molar-refractivity contribution < 1.29 is 341 Å². The summed E-state index contributed by atoms with van der Waals surface area (Å²) in [5.41, 5.74) is -7.92. The molecule has 0 spiro atoms. The molecule has 558 valence electrons. The molecule has 4 heterocycles. The number of pyridine rings is 2. The summed E-state index contributed by atoms with van der Waals surface area (Å²) in [6.07, 6.45) is 4.02. The second kappa shape index (κ2) is 39.9. The number of hydrogen-bond acceptors (Lipinski definition) is 35. The van der Waals surface area contributed by atoms with E-state index in [1.807, 2.05) is 0 Å². The van der Waals surface area contributed by atoms with Gasteiger partial charge in [-0.05, 0) is 90.3 Å². The van der Waals surface area contributed by atoms with E-state index in [4.69, 9.17) is 0 Å². The molecule has 4 N–H and O–H groups in total. The van der Waals surface area contributed by atoms with Gasteiger partial charge in [-0.15, -0.1) is 0 Å². The van der Waals surface area contributed by atoms with Crippen molar-refractivity contribution in [3.8, 4) is 22.3 Å². The Kier molecular flexibility index (Phi) is 34.8. The fraction of sp³-hybridized carbons (Fsp3) is 0.0448. The maximum absolute atomic E-state index is 14.9. The second-order valence-corrected chi connectivity index (χ2v) is 31.2. The van der Waals surface area contributed by atoms with Crippen LogP contribution in [0.25, 0.3) is 44.1 Å². The fourth-order valence-corrected chi connectivity index (χ4v) is 16.2. The van der Waals surface area contributed by atoms with Crippen LogP contribution in [-0.4, -0.2) is 127 Å². The van der Waals surface area contributed by atoms with E-state index < -0.39 is 167 Å². The van der Waals surface area contributed by atoms with Gasteiger partial charge in [0.25, 0.3) is 11.1 Å². The molecule has 2 aliphatic carbocycles. The third-order valence-corrected chi connectivity index (χ3v) is 22.2. The number of aromatic nitrogens is 8. The predicted molar refractivity (Wildman–Crippen MR) is 370 cm³/mol. The van der Waals surface area contributed by atoms with Gasteiger partial charge in [0.2, 0.25) is 0 Å². The molecule has 0 unspecified atom stereocenters. The van der Waals surface area contributed by atoms with Gasteiger partial charge >= 0.3 is 177 Å². The Morgan fingerprint density at radius 1 is 0.427 bits per heavy atom. The van der Waals surface area contributed by atoms with Crippen LogP contribution in [0.5, 0.6) is 0 Å². The maximum Gasteiger partial charge on any atom is 1.00 e. The molecule has 36 nitrogen and oxygen atoms in total. The van der Waals surface area contributed by atoms with Crippen molar-refractivity contribution in [2.24, 2.45) is 14.1 Å².